The zero-order valence-corrected chi connectivity index (χ0v) is 14.6. The number of nitrogens with zero attached hydrogens (tertiary/aromatic N) is 1. The van der Waals surface area contributed by atoms with Gasteiger partial charge in [0.1, 0.15) is 0 Å². The average molecular weight is 385 g/mol. The molecule has 0 bridgehead atoms. The van der Waals surface area contributed by atoms with Crippen LogP contribution in [0.1, 0.15) is 49.7 Å². The third kappa shape index (κ3) is 3.65. The summed E-state index contributed by atoms with van der Waals surface area (Å²) in [5.74, 6) is 2.27. The highest BCUT2D eigenvalue weighted by molar-refractivity contribution is 14.0. The highest BCUT2D eigenvalue weighted by Gasteiger charge is 2.39. The lowest BCUT2D eigenvalue weighted by atomic mass is 10.0. The number of guanidine groups is 1. The van der Waals surface area contributed by atoms with Crippen molar-refractivity contribution in [1.29, 1.82) is 0 Å². The molecule has 0 saturated heterocycles. The highest BCUT2D eigenvalue weighted by Crippen LogP contribution is 2.41. The molecule has 0 radical (unpaired) electrons. The Hall–Kier alpha value is -0.780. The average Bonchev–Trinajstić information content (AvgIpc) is 3.19. The van der Waals surface area contributed by atoms with Crippen LogP contribution in [0, 0.1) is 0 Å². The van der Waals surface area contributed by atoms with Gasteiger partial charge >= 0.3 is 0 Å². The fourth-order valence-corrected chi connectivity index (χ4v) is 2.66. The summed E-state index contributed by atoms with van der Waals surface area (Å²) in [6.45, 7) is 6.48. The monoisotopic (exact) mass is 385 g/mol. The van der Waals surface area contributed by atoms with Crippen LogP contribution in [0.5, 0.6) is 0 Å². The van der Waals surface area contributed by atoms with E-state index in [1.165, 1.54) is 17.5 Å². The molecule has 110 valence electrons. The lowest BCUT2D eigenvalue weighted by Gasteiger charge is -2.16. The molecule has 20 heavy (non-hydrogen) atoms. The van der Waals surface area contributed by atoms with Crippen LogP contribution in [0.4, 0.5) is 0 Å². The number of hydrogen-bond acceptors (Lipinski definition) is 3. The topological polar surface area (TPSA) is 36.4 Å². The first-order chi connectivity index (χ1) is 9.24. The summed E-state index contributed by atoms with van der Waals surface area (Å²) < 4.78 is 0. The predicted molar refractivity (Wildman–Crippen MR) is 95.1 cm³/mol. The second-order valence-corrected chi connectivity index (χ2v) is 5.93. The summed E-state index contributed by atoms with van der Waals surface area (Å²) in [7, 11) is 0. The van der Waals surface area contributed by atoms with Crippen molar-refractivity contribution in [3.63, 3.8) is 0 Å². The molecule has 0 spiro atoms. The summed E-state index contributed by atoms with van der Waals surface area (Å²) in [5.41, 5.74) is 2.88. The van der Waals surface area contributed by atoms with Gasteiger partial charge in [0.15, 0.2) is 5.96 Å². The SMILES string of the molecule is CC(C)c1ccc(C2CC2NC2=NCCCN2)cc1.I. The molecule has 1 saturated carbocycles. The third-order valence-corrected chi connectivity index (χ3v) is 4.04. The van der Waals surface area contributed by atoms with Crippen LogP contribution < -0.4 is 10.6 Å². The molecule has 2 N–H and O–H groups in total. The molecular weight excluding hydrogens is 361 g/mol. The van der Waals surface area contributed by atoms with Crippen molar-refractivity contribution in [2.24, 2.45) is 4.99 Å². The zero-order valence-electron chi connectivity index (χ0n) is 12.2. The maximum absolute atomic E-state index is 4.47. The summed E-state index contributed by atoms with van der Waals surface area (Å²) in [4.78, 5) is 4.47. The fraction of sp³-hybridized carbons (Fsp3) is 0.562. The van der Waals surface area contributed by atoms with E-state index in [4.69, 9.17) is 0 Å². The molecule has 1 aliphatic heterocycles. The van der Waals surface area contributed by atoms with Crippen molar-refractivity contribution in [3.05, 3.63) is 35.4 Å². The maximum Gasteiger partial charge on any atom is 0.191 e. The Bertz CT molecular complexity index is 467. The smallest absolute Gasteiger partial charge is 0.191 e. The molecule has 0 aromatic heterocycles. The van der Waals surface area contributed by atoms with Crippen molar-refractivity contribution < 1.29 is 0 Å². The molecule has 1 fully saturated rings. The minimum absolute atomic E-state index is 0. The van der Waals surface area contributed by atoms with Crippen LogP contribution in [0.2, 0.25) is 0 Å². The first-order valence-corrected chi connectivity index (χ1v) is 7.39. The van der Waals surface area contributed by atoms with Crippen LogP contribution >= 0.6 is 24.0 Å². The van der Waals surface area contributed by atoms with Crippen LogP contribution in [0.25, 0.3) is 0 Å². The number of hydrogen-bond donors (Lipinski definition) is 2. The van der Waals surface area contributed by atoms with E-state index in [-0.39, 0.29) is 24.0 Å². The molecule has 2 aliphatic rings. The van der Waals surface area contributed by atoms with Gasteiger partial charge < -0.3 is 10.6 Å². The van der Waals surface area contributed by atoms with Gasteiger partial charge in [0, 0.05) is 25.0 Å². The van der Waals surface area contributed by atoms with Crippen LogP contribution in [0.15, 0.2) is 29.3 Å². The van der Waals surface area contributed by atoms with Gasteiger partial charge in [-0.1, -0.05) is 38.1 Å². The van der Waals surface area contributed by atoms with Crippen molar-refractivity contribution in [2.75, 3.05) is 13.1 Å². The number of nitrogens with one attached hydrogen (secondary N) is 2. The Labute approximate surface area is 138 Å². The molecule has 3 nitrogen and oxygen atoms in total. The van der Waals surface area contributed by atoms with Crippen molar-refractivity contribution in [1.82, 2.24) is 10.6 Å². The van der Waals surface area contributed by atoms with Crippen molar-refractivity contribution in [2.45, 2.75) is 44.6 Å². The molecule has 0 amide bonds. The van der Waals surface area contributed by atoms with Gasteiger partial charge in [0.05, 0.1) is 0 Å². The van der Waals surface area contributed by atoms with Gasteiger partial charge in [0.2, 0.25) is 0 Å². The van der Waals surface area contributed by atoms with E-state index in [9.17, 15) is 0 Å². The number of halogens is 1. The minimum Gasteiger partial charge on any atom is -0.356 e. The standard InChI is InChI=1S/C16H23N3.HI/c1-11(2)12-4-6-13(7-5-12)14-10-15(14)19-16-17-8-3-9-18-16;/h4-7,11,14-15H,3,8-10H2,1-2H3,(H2,17,18,19);1H. The van der Waals surface area contributed by atoms with E-state index in [1.807, 2.05) is 0 Å². The molecule has 2 unspecified atom stereocenters. The molecule has 3 rings (SSSR count). The Morgan fingerprint density at radius 1 is 1.25 bits per heavy atom. The highest BCUT2D eigenvalue weighted by atomic mass is 127. The van der Waals surface area contributed by atoms with Crippen LogP contribution in [0.3, 0.4) is 0 Å². The van der Waals surface area contributed by atoms with Gasteiger partial charge in [-0.25, -0.2) is 0 Å². The van der Waals surface area contributed by atoms with Gasteiger partial charge in [-0.3, -0.25) is 4.99 Å². The molecular formula is C16H24IN3. The first kappa shape index (κ1) is 15.6. The number of aliphatic imine (C=N–C) groups is 1. The normalized spacial score (nSPS) is 24.4. The Morgan fingerprint density at radius 3 is 2.60 bits per heavy atom. The van der Waals surface area contributed by atoms with E-state index in [0.717, 1.165) is 25.5 Å². The molecule has 1 aromatic rings. The Balaban J connectivity index is 0.00000147. The molecule has 1 heterocycles. The second kappa shape index (κ2) is 6.78. The van der Waals surface area contributed by atoms with Crippen LogP contribution in [-0.4, -0.2) is 25.1 Å². The fourth-order valence-electron chi connectivity index (χ4n) is 2.66. The molecule has 1 aliphatic carbocycles. The predicted octanol–water partition coefficient (Wildman–Crippen LogP) is 3.22. The minimum atomic E-state index is 0. The summed E-state index contributed by atoms with van der Waals surface area (Å²) in [6.07, 6.45) is 2.37. The van der Waals surface area contributed by atoms with E-state index in [2.05, 4.69) is 53.7 Å². The number of rotatable bonds is 3. The quantitative estimate of drug-likeness (QED) is 0.784. The van der Waals surface area contributed by atoms with Gasteiger partial charge in [-0.05, 0) is 29.9 Å². The van der Waals surface area contributed by atoms with E-state index in [1.54, 1.807) is 0 Å². The van der Waals surface area contributed by atoms with Gasteiger partial charge in [0.25, 0.3) is 0 Å². The zero-order chi connectivity index (χ0) is 13.2. The molecule has 2 atom stereocenters. The van der Waals surface area contributed by atoms with Crippen LogP contribution in [-0.2, 0) is 0 Å². The van der Waals surface area contributed by atoms with Crippen molar-refractivity contribution in [3.8, 4) is 0 Å². The molecule has 1 aromatic carbocycles. The van der Waals surface area contributed by atoms with Gasteiger partial charge in [-0.2, -0.15) is 0 Å². The largest absolute Gasteiger partial charge is 0.356 e. The summed E-state index contributed by atoms with van der Waals surface area (Å²) in [6, 6.07) is 9.68. The first-order valence-electron chi connectivity index (χ1n) is 7.39. The van der Waals surface area contributed by atoms with Crippen molar-refractivity contribution >= 4 is 29.9 Å². The van der Waals surface area contributed by atoms with Gasteiger partial charge in [-0.15, -0.1) is 24.0 Å². The van der Waals surface area contributed by atoms with E-state index in [0.29, 0.717) is 17.9 Å². The molecule has 4 heteroatoms. The van der Waals surface area contributed by atoms with E-state index >= 15 is 0 Å². The number of benzene rings is 1. The second-order valence-electron chi connectivity index (χ2n) is 5.93. The summed E-state index contributed by atoms with van der Waals surface area (Å²) in [5, 5.41) is 6.84. The Kier molecular flexibility index (Phi) is 5.29. The Morgan fingerprint density at radius 2 is 2.00 bits per heavy atom. The summed E-state index contributed by atoms with van der Waals surface area (Å²) >= 11 is 0. The lowest BCUT2D eigenvalue weighted by Crippen LogP contribution is -2.42. The third-order valence-electron chi connectivity index (χ3n) is 4.04. The maximum atomic E-state index is 4.47. The lowest BCUT2D eigenvalue weighted by molar-refractivity contribution is 0.696. The van der Waals surface area contributed by atoms with E-state index < -0.39 is 0 Å².